The minimum atomic E-state index is -4.96. The molecule has 0 aromatic heterocycles. The van der Waals surface area contributed by atoms with Gasteiger partial charge in [-0.3, -0.25) is 37.3 Å². The number of hydrogen-bond acceptors (Lipinski definition) is 15. The lowest BCUT2D eigenvalue weighted by Gasteiger charge is -2.21. The Bertz CT molecular complexity index is 1910. The number of rotatable bonds is 77. The van der Waals surface area contributed by atoms with Crippen LogP contribution in [0.25, 0.3) is 0 Å². The molecule has 19 heteroatoms. The molecule has 0 spiro atoms. The molecule has 0 heterocycles. The fraction of sp³-hybridized carbons (Fsp3) is 0.949. The summed E-state index contributed by atoms with van der Waals surface area (Å²) in [5.41, 5.74) is 0. The molecule has 0 saturated carbocycles. The number of carbonyl (C=O) groups excluding carboxylic acids is 4. The van der Waals surface area contributed by atoms with Crippen LogP contribution in [0, 0.1) is 17.8 Å². The summed E-state index contributed by atoms with van der Waals surface area (Å²) in [6.07, 6.45) is 57.1. The molecule has 6 atom stereocenters. The van der Waals surface area contributed by atoms with E-state index >= 15 is 0 Å². The Morgan fingerprint density at radius 1 is 0.296 bits per heavy atom. The van der Waals surface area contributed by atoms with Gasteiger partial charge in [0.05, 0.1) is 26.4 Å². The molecule has 582 valence electrons. The Labute approximate surface area is 600 Å². The Balaban J connectivity index is 5.20. The summed E-state index contributed by atoms with van der Waals surface area (Å²) in [4.78, 5) is 72.9. The zero-order valence-corrected chi connectivity index (χ0v) is 66.0. The number of hydrogen-bond donors (Lipinski definition) is 3. The van der Waals surface area contributed by atoms with E-state index in [0.29, 0.717) is 31.6 Å². The molecule has 0 aromatic rings. The molecule has 0 saturated heterocycles. The van der Waals surface area contributed by atoms with Crippen LogP contribution >= 0.6 is 15.6 Å². The highest BCUT2D eigenvalue weighted by Gasteiger charge is 2.30. The molecule has 0 aliphatic heterocycles. The molecule has 0 aliphatic carbocycles. The maximum absolute atomic E-state index is 13.1. The number of aliphatic hydroxyl groups is 1. The maximum Gasteiger partial charge on any atom is 0.472 e. The van der Waals surface area contributed by atoms with Crippen molar-refractivity contribution in [2.75, 3.05) is 39.6 Å². The first-order chi connectivity index (χ1) is 47.3. The lowest BCUT2D eigenvalue weighted by Crippen LogP contribution is -2.30. The van der Waals surface area contributed by atoms with Crippen molar-refractivity contribution in [1.29, 1.82) is 0 Å². The van der Waals surface area contributed by atoms with Gasteiger partial charge in [-0.2, -0.15) is 0 Å². The highest BCUT2D eigenvalue weighted by Crippen LogP contribution is 2.45. The number of carbonyl (C=O) groups is 4. The van der Waals surface area contributed by atoms with Gasteiger partial charge in [-0.15, -0.1) is 0 Å². The van der Waals surface area contributed by atoms with E-state index in [0.717, 1.165) is 108 Å². The molecule has 0 rings (SSSR count). The minimum absolute atomic E-state index is 0.104. The second-order valence-electron chi connectivity index (χ2n) is 29.6. The highest BCUT2D eigenvalue weighted by atomic mass is 31.2. The summed E-state index contributed by atoms with van der Waals surface area (Å²) in [5.74, 6) is 0.178. The minimum Gasteiger partial charge on any atom is -0.462 e. The average Bonchev–Trinajstić information content (AvgIpc) is 0.974. The van der Waals surface area contributed by atoms with E-state index in [9.17, 15) is 43.2 Å². The Hall–Kier alpha value is -1.94. The third-order valence-corrected chi connectivity index (χ3v) is 20.6. The van der Waals surface area contributed by atoms with Crippen LogP contribution in [0.15, 0.2) is 0 Å². The Kier molecular flexibility index (Phi) is 68.1. The maximum atomic E-state index is 13.1. The number of ether oxygens (including phenoxy) is 4. The van der Waals surface area contributed by atoms with Crippen molar-refractivity contribution < 1.29 is 80.2 Å². The van der Waals surface area contributed by atoms with E-state index in [1.807, 2.05) is 0 Å². The first kappa shape index (κ1) is 96.1. The topological polar surface area (TPSA) is 237 Å². The third-order valence-electron chi connectivity index (χ3n) is 18.7. The predicted octanol–water partition coefficient (Wildman–Crippen LogP) is 23.4. The van der Waals surface area contributed by atoms with Crippen molar-refractivity contribution >= 4 is 39.5 Å². The van der Waals surface area contributed by atoms with Crippen molar-refractivity contribution in [1.82, 2.24) is 0 Å². The summed E-state index contributed by atoms with van der Waals surface area (Å²) < 4.78 is 68.6. The van der Waals surface area contributed by atoms with Gasteiger partial charge in [0, 0.05) is 25.7 Å². The fourth-order valence-corrected chi connectivity index (χ4v) is 13.7. The van der Waals surface area contributed by atoms with Crippen LogP contribution in [0.5, 0.6) is 0 Å². The van der Waals surface area contributed by atoms with Gasteiger partial charge in [0.2, 0.25) is 0 Å². The van der Waals surface area contributed by atoms with E-state index in [4.69, 9.17) is 37.0 Å². The van der Waals surface area contributed by atoms with Gasteiger partial charge in [0.1, 0.15) is 19.3 Å². The van der Waals surface area contributed by atoms with E-state index in [1.54, 1.807) is 0 Å². The van der Waals surface area contributed by atoms with E-state index < -0.39 is 97.5 Å². The van der Waals surface area contributed by atoms with E-state index in [-0.39, 0.29) is 25.7 Å². The van der Waals surface area contributed by atoms with Crippen LogP contribution in [-0.2, 0) is 65.4 Å². The van der Waals surface area contributed by atoms with Crippen LogP contribution in [0.3, 0.4) is 0 Å². The van der Waals surface area contributed by atoms with Gasteiger partial charge in [0.15, 0.2) is 12.2 Å². The van der Waals surface area contributed by atoms with Gasteiger partial charge < -0.3 is 33.8 Å². The summed E-state index contributed by atoms with van der Waals surface area (Å²) in [6.45, 7) is 11.9. The van der Waals surface area contributed by atoms with Crippen molar-refractivity contribution in [3.8, 4) is 0 Å². The number of aliphatic hydroxyl groups excluding tert-OH is 1. The Morgan fingerprint density at radius 3 is 0.776 bits per heavy atom. The van der Waals surface area contributed by atoms with Crippen LogP contribution in [-0.4, -0.2) is 96.7 Å². The molecule has 17 nitrogen and oxygen atoms in total. The zero-order valence-electron chi connectivity index (χ0n) is 64.3. The lowest BCUT2D eigenvalue weighted by molar-refractivity contribution is -0.161. The van der Waals surface area contributed by atoms with Crippen LogP contribution in [0.4, 0.5) is 0 Å². The molecular weight excluding hydrogens is 1280 g/mol. The average molecular weight is 1440 g/mol. The second-order valence-corrected chi connectivity index (χ2v) is 32.6. The van der Waals surface area contributed by atoms with Crippen molar-refractivity contribution in [2.24, 2.45) is 17.8 Å². The first-order valence-corrected chi connectivity index (χ1v) is 43.9. The summed E-state index contributed by atoms with van der Waals surface area (Å²) >= 11 is 0. The van der Waals surface area contributed by atoms with Gasteiger partial charge in [-0.05, 0) is 43.4 Å². The summed E-state index contributed by atoms with van der Waals surface area (Å²) in [6, 6.07) is 0. The normalized spacial score (nSPS) is 14.3. The second kappa shape index (κ2) is 69.4. The molecule has 0 aliphatic rings. The standard InChI is InChI=1S/C79H154O17P2/c1-8-10-11-12-13-14-15-16-21-25-28-31-39-46-53-60-76(81)89-66-74(95-78(83)62-55-48-40-32-29-26-23-20-18-17-19-22-24-27-30-38-45-52-59-72(7)9-2)68-93-97(85,86)91-64-73(80)65-92-98(87,88)94-69-75(67-90-77(82)61-54-47-42-35-37-44-51-58-71(5)6)96-79(84)63-56-49-41-34-33-36-43-50-57-70(3)4/h70-75,80H,8-69H2,1-7H3,(H,85,86)(H,87,88)/t72?,73-,74-,75-/m1/s1. The van der Waals surface area contributed by atoms with E-state index in [2.05, 4.69) is 48.5 Å². The largest absolute Gasteiger partial charge is 0.472 e. The number of unbranched alkanes of at least 4 members (excludes halogenated alkanes) is 44. The molecule has 0 fully saturated rings. The molecular formula is C79H154O17P2. The zero-order chi connectivity index (χ0) is 72.3. The van der Waals surface area contributed by atoms with E-state index in [1.165, 1.54) is 212 Å². The van der Waals surface area contributed by atoms with Crippen molar-refractivity contribution in [3.05, 3.63) is 0 Å². The first-order valence-electron chi connectivity index (χ1n) is 40.9. The third kappa shape index (κ3) is 71.1. The van der Waals surface area contributed by atoms with Gasteiger partial charge >= 0.3 is 39.5 Å². The molecule has 3 N–H and O–H groups in total. The van der Waals surface area contributed by atoms with Crippen molar-refractivity contribution in [2.45, 2.75) is 426 Å². The smallest absolute Gasteiger partial charge is 0.462 e. The monoisotopic (exact) mass is 1440 g/mol. The molecule has 0 radical (unpaired) electrons. The number of phosphoric acid groups is 2. The highest BCUT2D eigenvalue weighted by molar-refractivity contribution is 7.47. The quantitative estimate of drug-likeness (QED) is 0.0222. The number of phosphoric ester groups is 2. The molecule has 3 unspecified atom stereocenters. The van der Waals surface area contributed by atoms with Crippen molar-refractivity contribution in [3.63, 3.8) is 0 Å². The predicted molar refractivity (Wildman–Crippen MR) is 400 cm³/mol. The summed E-state index contributed by atoms with van der Waals surface area (Å²) in [5, 5.41) is 10.6. The lowest BCUT2D eigenvalue weighted by atomic mass is 9.99. The van der Waals surface area contributed by atoms with Crippen LogP contribution in [0.1, 0.15) is 408 Å². The fourth-order valence-electron chi connectivity index (χ4n) is 12.1. The molecule has 0 bridgehead atoms. The molecule has 0 amide bonds. The molecule has 0 aromatic carbocycles. The summed E-state index contributed by atoms with van der Waals surface area (Å²) in [7, 11) is -9.91. The number of esters is 4. The van der Waals surface area contributed by atoms with Gasteiger partial charge in [-0.25, -0.2) is 9.13 Å². The van der Waals surface area contributed by atoms with Crippen LogP contribution < -0.4 is 0 Å². The molecule has 98 heavy (non-hydrogen) atoms. The van der Waals surface area contributed by atoms with Crippen LogP contribution in [0.2, 0.25) is 0 Å². The Morgan fingerprint density at radius 2 is 0.520 bits per heavy atom. The SMILES string of the molecule is CCCCCCCCCCCCCCCCCC(=O)OC[C@H](COP(=O)(O)OC[C@@H](O)COP(=O)(O)OC[C@@H](COC(=O)CCCCCCCCCC(C)C)OC(=O)CCCCCCCCCCC(C)C)OC(=O)CCCCCCCCCCCCCCCCCCCCC(C)CC. The van der Waals surface area contributed by atoms with Gasteiger partial charge in [0.25, 0.3) is 0 Å². The van der Waals surface area contributed by atoms with Gasteiger partial charge in [-0.1, -0.05) is 357 Å².